The van der Waals surface area contributed by atoms with Gasteiger partial charge in [0.05, 0.1) is 16.7 Å². The molecule has 1 aliphatic carbocycles. The minimum Gasteiger partial charge on any atom is -0.310 e. The van der Waals surface area contributed by atoms with E-state index in [9.17, 15) is 0 Å². The first kappa shape index (κ1) is 35.5. The van der Waals surface area contributed by atoms with Crippen LogP contribution in [0.1, 0.15) is 18.4 Å². The average molecular weight is 767 g/mol. The van der Waals surface area contributed by atoms with E-state index >= 15 is 0 Å². The van der Waals surface area contributed by atoms with Crippen molar-refractivity contribution in [2.24, 2.45) is 0 Å². The maximum absolute atomic E-state index is 2.46. The number of fused-ring (bicyclic) bond motifs is 5. The van der Waals surface area contributed by atoms with Gasteiger partial charge in [0.25, 0.3) is 0 Å². The minimum absolute atomic E-state index is 1.08. The van der Waals surface area contributed by atoms with E-state index in [-0.39, 0.29) is 0 Å². The third-order valence-corrected chi connectivity index (χ3v) is 12.0. The molecule has 0 bridgehead atoms. The van der Waals surface area contributed by atoms with Gasteiger partial charge in [0.2, 0.25) is 0 Å². The monoisotopic (exact) mass is 766 g/mol. The molecule has 1 aromatic heterocycles. The molecule has 0 radical (unpaired) electrons. The Hall–Kier alpha value is -7.68. The summed E-state index contributed by atoms with van der Waals surface area (Å²) < 4.78 is 2.46. The molecule has 9 aromatic carbocycles. The summed E-state index contributed by atoms with van der Waals surface area (Å²) in [6, 6.07) is 77.6. The van der Waals surface area contributed by atoms with Gasteiger partial charge in [-0.1, -0.05) is 182 Å². The summed E-state index contributed by atoms with van der Waals surface area (Å²) in [4.78, 5) is 2.43. The Bertz CT molecular complexity index is 3240. The van der Waals surface area contributed by atoms with Crippen LogP contribution in [0, 0.1) is 0 Å². The molecule has 0 amide bonds. The van der Waals surface area contributed by atoms with Crippen molar-refractivity contribution < 1.29 is 0 Å². The quantitative estimate of drug-likeness (QED) is 0.150. The Labute approximate surface area is 351 Å². The predicted octanol–water partition coefficient (Wildman–Crippen LogP) is 16.1. The fourth-order valence-electron chi connectivity index (χ4n) is 9.18. The number of hydrogen-bond acceptors (Lipinski definition) is 1. The van der Waals surface area contributed by atoms with Gasteiger partial charge in [-0.15, -0.1) is 0 Å². The van der Waals surface area contributed by atoms with Crippen molar-refractivity contribution in [1.29, 1.82) is 0 Å². The molecule has 2 heteroatoms. The molecule has 60 heavy (non-hydrogen) atoms. The lowest BCUT2D eigenvalue weighted by molar-refractivity contribution is 1.04. The van der Waals surface area contributed by atoms with Crippen LogP contribution in [0.4, 0.5) is 17.1 Å². The first-order valence-electron chi connectivity index (χ1n) is 20.9. The van der Waals surface area contributed by atoms with Crippen LogP contribution < -0.4 is 4.90 Å². The molecular formula is C58H42N2. The molecule has 1 heterocycles. The molecule has 2 nitrogen and oxygen atoms in total. The van der Waals surface area contributed by atoms with Gasteiger partial charge in [-0.25, -0.2) is 0 Å². The highest BCUT2D eigenvalue weighted by Crippen LogP contribution is 2.45. The number of hydrogen-bond donors (Lipinski definition) is 0. The van der Waals surface area contributed by atoms with Gasteiger partial charge in [-0.3, -0.25) is 0 Å². The van der Waals surface area contributed by atoms with Crippen LogP contribution in [0.3, 0.4) is 0 Å². The lowest BCUT2D eigenvalue weighted by Gasteiger charge is -2.29. The molecule has 0 spiro atoms. The SMILES string of the molecule is C1=CC(c2ccc(N(c3ccc(-c4ccccc4)c(-c4cccc(-n5c6ccccc6c6ccc7ccccc7c65)c4)c3)c3ccccc3-c3ccccc3)cc2)=CCC1. The Morgan fingerprint density at radius 2 is 1.08 bits per heavy atom. The zero-order valence-corrected chi connectivity index (χ0v) is 33.2. The number of nitrogens with zero attached hydrogens (tertiary/aromatic N) is 2. The summed E-state index contributed by atoms with van der Waals surface area (Å²) in [5.74, 6) is 0. The van der Waals surface area contributed by atoms with E-state index in [0.717, 1.165) is 41.2 Å². The van der Waals surface area contributed by atoms with E-state index < -0.39 is 0 Å². The van der Waals surface area contributed by atoms with Crippen molar-refractivity contribution in [3.05, 3.63) is 236 Å². The third-order valence-electron chi connectivity index (χ3n) is 12.0. The van der Waals surface area contributed by atoms with E-state index in [2.05, 4.69) is 240 Å². The molecule has 0 atom stereocenters. The Morgan fingerprint density at radius 1 is 0.400 bits per heavy atom. The first-order valence-corrected chi connectivity index (χ1v) is 20.9. The van der Waals surface area contributed by atoms with Gasteiger partial charge < -0.3 is 9.47 Å². The zero-order chi connectivity index (χ0) is 39.8. The summed E-state index contributed by atoms with van der Waals surface area (Å²) in [5, 5.41) is 5.00. The first-order chi connectivity index (χ1) is 29.8. The number of para-hydroxylation sites is 2. The molecule has 0 saturated carbocycles. The highest BCUT2D eigenvalue weighted by Gasteiger charge is 2.21. The van der Waals surface area contributed by atoms with Crippen molar-refractivity contribution in [2.45, 2.75) is 12.8 Å². The normalized spacial score (nSPS) is 12.6. The van der Waals surface area contributed by atoms with Crippen molar-refractivity contribution in [1.82, 2.24) is 4.57 Å². The molecule has 0 saturated heterocycles. The number of benzene rings is 9. The van der Waals surface area contributed by atoms with Gasteiger partial charge in [0.15, 0.2) is 0 Å². The van der Waals surface area contributed by atoms with Crippen molar-refractivity contribution >= 4 is 55.2 Å². The molecule has 284 valence electrons. The zero-order valence-electron chi connectivity index (χ0n) is 33.2. The highest BCUT2D eigenvalue weighted by molar-refractivity contribution is 6.18. The van der Waals surface area contributed by atoms with Gasteiger partial charge in [0.1, 0.15) is 0 Å². The van der Waals surface area contributed by atoms with Crippen molar-refractivity contribution in [3.63, 3.8) is 0 Å². The molecule has 0 unspecified atom stereocenters. The standard InChI is InChI=1S/C58H42N2/c1-4-17-41(18-5-1)42-31-34-47(35-32-42)59(56-29-14-12-26-51(56)44-21-8-3-9-22-44)49-36-38-50(43-19-6-2-7-20-43)55(40-49)46-24-16-25-48(39-46)60-57-30-15-13-28-53(57)54-37-33-45-23-10-11-27-52(45)58(54)60/h2-4,6-40H,1,5H2. The van der Waals surface area contributed by atoms with Gasteiger partial charge in [-0.05, 0) is 106 Å². The molecule has 0 N–H and O–H groups in total. The summed E-state index contributed by atoms with van der Waals surface area (Å²) in [7, 11) is 0. The fraction of sp³-hybridized carbons (Fsp3) is 0.0345. The van der Waals surface area contributed by atoms with Gasteiger partial charge in [-0.2, -0.15) is 0 Å². The Kier molecular flexibility index (Phi) is 9.02. The van der Waals surface area contributed by atoms with Crippen LogP contribution in [-0.4, -0.2) is 4.57 Å². The predicted molar refractivity (Wildman–Crippen MR) is 256 cm³/mol. The third kappa shape index (κ3) is 6.31. The number of allylic oxidation sites excluding steroid dienone is 4. The minimum atomic E-state index is 1.08. The summed E-state index contributed by atoms with van der Waals surface area (Å²) in [5.41, 5.74) is 16.4. The second kappa shape index (κ2) is 15.2. The molecule has 10 aromatic rings. The van der Waals surface area contributed by atoms with Crippen LogP contribution in [0.2, 0.25) is 0 Å². The van der Waals surface area contributed by atoms with Crippen LogP contribution >= 0.6 is 0 Å². The average Bonchev–Trinajstić information content (AvgIpc) is 3.68. The van der Waals surface area contributed by atoms with Gasteiger partial charge >= 0.3 is 0 Å². The van der Waals surface area contributed by atoms with Crippen LogP contribution in [0.25, 0.3) is 77.2 Å². The van der Waals surface area contributed by atoms with Crippen molar-refractivity contribution in [2.75, 3.05) is 4.90 Å². The van der Waals surface area contributed by atoms with E-state index in [0.29, 0.717) is 0 Å². The van der Waals surface area contributed by atoms with E-state index in [1.165, 1.54) is 71.5 Å². The Morgan fingerprint density at radius 3 is 1.88 bits per heavy atom. The molecule has 0 aliphatic heterocycles. The molecule has 1 aliphatic rings. The smallest absolute Gasteiger partial charge is 0.0619 e. The number of anilines is 3. The second-order valence-electron chi connectivity index (χ2n) is 15.6. The summed E-state index contributed by atoms with van der Waals surface area (Å²) in [6.07, 6.45) is 9.06. The van der Waals surface area contributed by atoms with Gasteiger partial charge in [0, 0.05) is 38.8 Å². The summed E-state index contributed by atoms with van der Waals surface area (Å²) in [6.45, 7) is 0. The van der Waals surface area contributed by atoms with Crippen LogP contribution in [-0.2, 0) is 0 Å². The lowest BCUT2D eigenvalue weighted by Crippen LogP contribution is -2.11. The topological polar surface area (TPSA) is 8.17 Å². The molecule has 0 fully saturated rings. The largest absolute Gasteiger partial charge is 0.310 e. The maximum atomic E-state index is 2.46. The van der Waals surface area contributed by atoms with Crippen LogP contribution in [0.5, 0.6) is 0 Å². The number of rotatable bonds is 8. The highest BCUT2D eigenvalue weighted by atomic mass is 15.1. The molecular weight excluding hydrogens is 725 g/mol. The van der Waals surface area contributed by atoms with Crippen LogP contribution in [0.15, 0.2) is 231 Å². The lowest BCUT2D eigenvalue weighted by atomic mass is 9.93. The Balaban J connectivity index is 1.13. The second-order valence-corrected chi connectivity index (χ2v) is 15.6. The van der Waals surface area contributed by atoms with Crippen molar-refractivity contribution in [3.8, 4) is 39.1 Å². The molecule has 11 rings (SSSR count). The number of aromatic nitrogens is 1. The maximum Gasteiger partial charge on any atom is 0.0619 e. The van der Waals surface area contributed by atoms with E-state index in [1.54, 1.807) is 0 Å². The summed E-state index contributed by atoms with van der Waals surface area (Å²) >= 11 is 0. The fourth-order valence-corrected chi connectivity index (χ4v) is 9.18. The van der Waals surface area contributed by atoms with E-state index in [4.69, 9.17) is 0 Å². The van der Waals surface area contributed by atoms with E-state index in [1.807, 2.05) is 0 Å².